The largest absolute Gasteiger partial charge is 0.359 e. The maximum Gasteiger partial charge on any atom is 0.276 e. The smallest absolute Gasteiger partial charge is 0.276 e. The molecule has 0 unspecified atom stereocenters. The lowest BCUT2D eigenvalue weighted by molar-refractivity contribution is 0.0774. The van der Waals surface area contributed by atoms with E-state index in [-0.39, 0.29) is 5.91 Å². The first-order chi connectivity index (χ1) is 13.1. The van der Waals surface area contributed by atoms with Crippen LogP contribution in [0.2, 0.25) is 0 Å². The molecular formula is C21H24N4O2. The quantitative estimate of drug-likeness (QED) is 0.615. The summed E-state index contributed by atoms with van der Waals surface area (Å²) >= 11 is 0. The van der Waals surface area contributed by atoms with E-state index in [4.69, 9.17) is 4.52 Å². The van der Waals surface area contributed by atoms with E-state index in [9.17, 15) is 4.79 Å². The highest BCUT2D eigenvalue weighted by Crippen LogP contribution is 2.11. The fourth-order valence-corrected chi connectivity index (χ4v) is 2.83. The number of pyridine rings is 1. The highest BCUT2D eigenvalue weighted by atomic mass is 16.5. The average Bonchev–Trinajstić information content (AvgIpc) is 3.15. The third kappa shape index (κ3) is 5.49. The van der Waals surface area contributed by atoms with Gasteiger partial charge in [0.2, 0.25) is 0 Å². The van der Waals surface area contributed by atoms with Crippen LogP contribution in [-0.2, 0) is 19.5 Å². The molecule has 1 aromatic carbocycles. The van der Waals surface area contributed by atoms with Gasteiger partial charge in [-0.3, -0.25) is 14.7 Å². The zero-order valence-electron chi connectivity index (χ0n) is 15.7. The van der Waals surface area contributed by atoms with Crippen molar-refractivity contribution in [2.75, 3.05) is 20.6 Å². The van der Waals surface area contributed by atoms with Crippen LogP contribution in [0.25, 0.3) is 0 Å². The van der Waals surface area contributed by atoms with Crippen LogP contribution in [0, 0.1) is 0 Å². The fourth-order valence-electron chi connectivity index (χ4n) is 2.83. The molecule has 1 amide bonds. The summed E-state index contributed by atoms with van der Waals surface area (Å²) in [7, 11) is 3.77. The Labute approximate surface area is 159 Å². The molecule has 0 atom stereocenters. The zero-order chi connectivity index (χ0) is 19.1. The summed E-state index contributed by atoms with van der Waals surface area (Å²) in [5.74, 6) is 0.518. The molecule has 3 aromatic rings. The van der Waals surface area contributed by atoms with Gasteiger partial charge in [0.05, 0.1) is 6.54 Å². The minimum Gasteiger partial charge on any atom is -0.359 e. The van der Waals surface area contributed by atoms with E-state index in [2.05, 4.69) is 27.2 Å². The van der Waals surface area contributed by atoms with Crippen molar-refractivity contribution in [2.24, 2.45) is 0 Å². The molecule has 2 aromatic heterocycles. The summed E-state index contributed by atoms with van der Waals surface area (Å²) in [5, 5.41) is 3.94. The van der Waals surface area contributed by atoms with E-state index >= 15 is 0 Å². The number of hydrogen-bond acceptors (Lipinski definition) is 5. The van der Waals surface area contributed by atoms with E-state index in [1.165, 1.54) is 5.56 Å². The number of carbonyl (C=O) groups is 1. The number of hydrogen-bond donors (Lipinski definition) is 0. The molecule has 0 radical (unpaired) electrons. The highest BCUT2D eigenvalue weighted by Gasteiger charge is 2.18. The molecule has 3 rings (SSSR count). The number of aromatic nitrogens is 2. The van der Waals surface area contributed by atoms with Gasteiger partial charge in [0.1, 0.15) is 0 Å². The van der Waals surface area contributed by atoms with Crippen LogP contribution in [-0.4, -0.2) is 46.5 Å². The molecule has 6 nitrogen and oxygen atoms in total. The van der Waals surface area contributed by atoms with Gasteiger partial charge in [-0.15, -0.1) is 0 Å². The Hall–Kier alpha value is -2.99. The minimum absolute atomic E-state index is 0.166. The van der Waals surface area contributed by atoms with Crippen LogP contribution >= 0.6 is 0 Å². The number of benzene rings is 1. The first-order valence-corrected chi connectivity index (χ1v) is 8.94. The summed E-state index contributed by atoms with van der Waals surface area (Å²) in [6.45, 7) is 1.99. The highest BCUT2D eigenvalue weighted by molar-refractivity contribution is 5.92. The molecule has 0 aliphatic carbocycles. The maximum absolute atomic E-state index is 12.5. The first kappa shape index (κ1) is 18.8. The Morgan fingerprint density at radius 2 is 1.81 bits per heavy atom. The van der Waals surface area contributed by atoms with Gasteiger partial charge in [-0.25, -0.2) is 0 Å². The van der Waals surface area contributed by atoms with Gasteiger partial charge in [-0.2, -0.15) is 0 Å². The molecule has 0 saturated carbocycles. The van der Waals surface area contributed by atoms with Crippen molar-refractivity contribution in [3.8, 4) is 0 Å². The molecule has 0 aliphatic heterocycles. The summed E-state index contributed by atoms with van der Waals surface area (Å²) in [5.41, 5.74) is 2.60. The topological polar surface area (TPSA) is 62.5 Å². The summed E-state index contributed by atoms with van der Waals surface area (Å²) in [6, 6.07) is 15.9. The van der Waals surface area contributed by atoms with Gasteiger partial charge < -0.3 is 9.42 Å². The van der Waals surface area contributed by atoms with Gasteiger partial charge in [-0.1, -0.05) is 41.6 Å². The molecular weight excluding hydrogens is 340 g/mol. The Bertz CT molecular complexity index is 849. The molecule has 0 saturated heterocycles. The Morgan fingerprint density at radius 3 is 2.56 bits per heavy atom. The van der Waals surface area contributed by atoms with Crippen LogP contribution in [0.4, 0.5) is 0 Å². The monoisotopic (exact) mass is 364 g/mol. The van der Waals surface area contributed by atoms with Crippen molar-refractivity contribution in [1.82, 2.24) is 19.9 Å². The van der Waals surface area contributed by atoms with E-state index in [1.54, 1.807) is 30.4 Å². The van der Waals surface area contributed by atoms with E-state index in [1.807, 2.05) is 37.4 Å². The minimum atomic E-state index is -0.166. The molecule has 0 N–H and O–H groups in total. The fraction of sp³-hybridized carbons (Fsp3) is 0.286. The van der Waals surface area contributed by atoms with E-state index in [0.29, 0.717) is 24.5 Å². The summed E-state index contributed by atoms with van der Waals surface area (Å²) < 4.78 is 5.36. The predicted molar refractivity (Wildman–Crippen MR) is 103 cm³/mol. The van der Waals surface area contributed by atoms with Crippen molar-refractivity contribution in [2.45, 2.75) is 19.5 Å². The molecule has 6 heteroatoms. The lowest BCUT2D eigenvalue weighted by Gasteiger charge is -2.15. The second kappa shape index (κ2) is 9.09. The lowest BCUT2D eigenvalue weighted by Crippen LogP contribution is -2.26. The van der Waals surface area contributed by atoms with Crippen LogP contribution < -0.4 is 0 Å². The van der Waals surface area contributed by atoms with Gasteiger partial charge in [-0.05, 0) is 30.7 Å². The van der Waals surface area contributed by atoms with Gasteiger partial charge >= 0.3 is 0 Å². The number of nitrogens with zero attached hydrogens (tertiary/aromatic N) is 4. The zero-order valence-corrected chi connectivity index (χ0v) is 15.7. The number of amides is 1. The molecule has 0 bridgehead atoms. The summed E-state index contributed by atoms with van der Waals surface area (Å²) in [4.78, 5) is 20.4. The van der Waals surface area contributed by atoms with E-state index in [0.717, 1.165) is 18.5 Å². The van der Waals surface area contributed by atoms with Crippen molar-refractivity contribution >= 4 is 5.91 Å². The number of carbonyl (C=O) groups excluding carboxylic acids is 1. The van der Waals surface area contributed by atoms with Crippen LogP contribution in [0.5, 0.6) is 0 Å². The molecule has 0 aliphatic rings. The molecule has 0 spiro atoms. The van der Waals surface area contributed by atoms with Crippen LogP contribution in [0.1, 0.15) is 27.4 Å². The van der Waals surface area contributed by atoms with E-state index < -0.39 is 0 Å². The molecule has 27 heavy (non-hydrogen) atoms. The molecule has 140 valence electrons. The van der Waals surface area contributed by atoms with Gasteiger partial charge in [0.15, 0.2) is 11.5 Å². The van der Waals surface area contributed by atoms with Crippen molar-refractivity contribution in [1.29, 1.82) is 0 Å². The van der Waals surface area contributed by atoms with Crippen molar-refractivity contribution in [3.63, 3.8) is 0 Å². The summed E-state index contributed by atoms with van der Waals surface area (Å²) in [6.07, 6.45) is 4.42. The van der Waals surface area contributed by atoms with Crippen molar-refractivity contribution < 1.29 is 9.32 Å². The van der Waals surface area contributed by atoms with Crippen LogP contribution in [0.3, 0.4) is 0 Å². The first-order valence-electron chi connectivity index (χ1n) is 8.94. The molecule has 0 fully saturated rings. The van der Waals surface area contributed by atoms with Gasteiger partial charge in [0.25, 0.3) is 5.91 Å². The van der Waals surface area contributed by atoms with Crippen LogP contribution in [0.15, 0.2) is 65.4 Å². The van der Waals surface area contributed by atoms with Gasteiger partial charge in [0, 0.05) is 38.6 Å². The second-order valence-electron chi connectivity index (χ2n) is 6.67. The normalized spacial score (nSPS) is 10.9. The third-order valence-corrected chi connectivity index (χ3v) is 4.32. The lowest BCUT2D eigenvalue weighted by atomic mass is 10.1. The second-order valence-corrected chi connectivity index (χ2v) is 6.67. The Morgan fingerprint density at radius 1 is 1.04 bits per heavy atom. The standard InChI is InChI=1S/C21H24N4O2/c1-24(12-10-17-7-4-3-5-8-17)16-19-13-20(23-27-19)21(26)25(2)15-18-9-6-11-22-14-18/h3-9,11,13-14H,10,12,15-16H2,1-2H3. The number of likely N-dealkylation sites (N-methyl/N-ethyl adjacent to an activating group) is 1. The molecule has 2 heterocycles. The predicted octanol–water partition coefficient (Wildman–Crippen LogP) is 3.02. The van der Waals surface area contributed by atoms with Crippen molar-refractivity contribution in [3.05, 3.63) is 83.5 Å². The number of rotatable bonds is 8. The Kier molecular flexibility index (Phi) is 6.33. The SMILES string of the molecule is CN(CCc1ccccc1)Cc1cc(C(=O)N(C)Cc2cccnc2)no1. The third-order valence-electron chi connectivity index (χ3n) is 4.32. The average molecular weight is 364 g/mol. The maximum atomic E-state index is 12.5. The Balaban J connectivity index is 1.51.